The van der Waals surface area contributed by atoms with Crippen LogP contribution in [-0.4, -0.2) is 26.9 Å². The number of nitrogens with one attached hydrogen (secondary N) is 1. The molecule has 2 rings (SSSR count). The molecule has 1 N–H and O–H groups in total. The van der Waals surface area contributed by atoms with Gasteiger partial charge in [-0.1, -0.05) is 23.7 Å². The van der Waals surface area contributed by atoms with Crippen LogP contribution in [-0.2, 0) is 17.9 Å². The molecule has 142 valence electrons. The minimum atomic E-state index is -0.271. The smallest absolute Gasteiger partial charge is 0.163 e. The normalized spacial score (nSPS) is 10.8. The van der Waals surface area contributed by atoms with Gasteiger partial charge in [-0.3, -0.25) is 0 Å². The number of hydrogen-bond donors (Lipinski definition) is 1. The minimum absolute atomic E-state index is 0.271. The number of hydrogen-bond acceptors (Lipinski definition) is 4. The van der Waals surface area contributed by atoms with Crippen molar-refractivity contribution < 1.29 is 18.6 Å². The topological polar surface area (TPSA) is 39.7 Å². The number of methoxy groups -OCH3 is 1. The molecule has 0 spiro atoms. The molecule has 0 heterocycles. The summed E-state index contributed by atoms with van der Waals surface area (Å²) >= 11 is 6.37. The van der Waals surface area contributed by atoms with Gasteiger partial charge >= 0.3 is 0 Å². The van der Waals surface area contributed by atoms with Crippen LogP contribution in [0.15, 0.2) is 36.4 Å². The molecule has 0 bridgehead atoms. The zero-order valence-corrected chi connectivity index (χ0v) is 15.9. The average Bonchev–Trinajstić information content (AvgIpc) is 2.65. The summed E-state index contributed by atoms with van der Waals surface area (Å²) in [5.41, 5.74) is 1.80. The monoisotopic (exact) mass is 381 g/mol. The van der Waals surface area contributed by atoms with Crippen LogP contribution in [0.1, 0.15) is 24.5 Å². The van der Waals surface area contributed by atoms with Crippen LogP contribution >= 0.6 is 11.6 Å². The van der Waals surface area contributed by atoms with Gasteiger partial charge in [-0.05, 0) is 49.2 Å². The van der Waals surface area contributed by atoms with Crippen molar-refractivity contribution in [2.45, 2.75) is 26.5 Å². The lowest BCUT2D eigenvalue weighted by molar-refractivity contribution is 0.144. The quantitative estimate of drug-likeness (QED) is 0.578. The van der Waals surface area contributed by atoms with Gasteiger partial charge < -0.3 is 19.5 Å². The molecule has 0 aliphatic heterocycles. The van der Waals surface area contributed by atoms with Gasteiger partial charge in [0.2, 0.25) is 0 Å². The first-order chi connectivity index (χ1) is 12.6. The average molecular weight is 382 g/mol. The number of benzene rings is 2. The summed E-state index contributed by atoms with van der Waals surface area (Å²) in [5, 5.41) is 3.95. The second-order valence-corrected chi connectivity index (χ2v) is 6.14. The molecule has 0 fully saturated rings. The van der Waals surface area contributed by atoms with Crippen LogP contribution < -0.4 is 14.8 Å². The largest absolute Gasteiger partial charge is 0.493 e. The Bertz CT molecular complexity index is 680. The Morgan fingerprint density at radius 1 is 1.12 bits per heavy atom. The number of rotatable bonds is 11. The molecule has 0 radical (unpaired) electrons. The van der Waals surface area contributed by atoms with Crippen molar-refractivity contribution >= 4 is 11.6 Å². The zero-order chi connectivity index (χ0) is 18.8. The fourth-order valence-corrected chi connectivity index (χ4v) is 2.61. The fraction of sp³-hybridized carbons (Fsp3) is 0.400. The number of ether oxygens (including phenoxy) is 3. The second-order valence-electron chi connectivity index (χ2n) is 5.74. The van der Waals surface area contributed by atoms with E-state index in [9.17, 15) is 4.39 Å². The summed E-state index contributed by atoms with van der Waals surface area (Å²) < 4.78 is 29.5. The molecule has 0 amide bonds. The van der Waals surface area contributed by atoms with Gasteiger partial charge in [-0.25, -0.2) is 4.39 Å². The summed E-state index contributed by atoms with van der Waals surface area (Å²) in [7, 11) is 1.59. The first-order valence-electron chi connectivity index (χ1n) is 8.66. The van der Waals surface area contributed by atoms with Crippen molar-refractivity contribution in [3.63, 3.8) is 0 Å². The molecule has 0 aliphatic carbocycles. The van der Waals surface area contributed by atoms with E-state index in [-0.39, 0.29) is 5.82 Å². The highest BCUT2D eigenvalue weighted by atomic mass is 35.5. The van der Waals surface area contributed by atoms with Crippen molar-refractivity contribution in [3.05, 3.63) is 58.4 Å². The number of halogens is 2. The predicted molar refractivity (Wildman–Crippen MR) is 102 cm³/mol. The summed E-state index contributed by atoms with van der Waals surface area (Å²) in [5.74, 6) is 0.900. The van der Waals surface area contributed by atoms with Crippen molar-refractivity contribution in [3.8, 4) is 11.5 Å². The molecule has 4 nitrogen and oxygen atoms in total. The van der Waals surface area contributed by atoms with Crippen LogP contribution in [0.4, 0.5) is 4.39 Å². The van der Waals surface area contributed by atoms with Crippen LogP contribution in [0.5, 0.6) is 11.5 Å². The van der Waals surface area contributed by atoms with Gasteiger partial charge in [0.05, 0.1) is 7.11 Å². The maximum absolute atomic E-state index is 13.0. The van der Waals surface area contributed by atoms with Crippen molar-refractivity contribution in [2.24, 2.45) is 0 Å². The standard InChI is InChI=1S/C20H25ClFNO3/c1-3-25-10-4-9-23-13-16-11-19(24-2)20(12-18(16)21)26-14-15-5-7-17(22)8-6-15/h5-8,11-12,23H,3-4,9-10,13-14H2,1-2H3. The lowest BCUT2D eigenvalue weighted by atomic mass is 10.2. The third-order valence-electron chi connectivity index (χ3n) is 3.80. The second kappa shape index (κ2) is 11.0. The van der Waals surface area contributed by atoms with Gasteiger partial charge in [-0.2, -0.15) is 0 Å². The molecule has 26 heavy (non-hydrogen) atoms. The maximum Gasteiger partial charge on any atom is 0.163 e. The summed E-state index contributed by atoms with van der Waals surface area (Å²) in [6.45, 7) is 5.27. The highest BCUT2D eigenvalue weighted by molar-refractivity contribution is 6.31. The molecule has 0 saturated carbocycles. The van der Waals surface area contributed by atoms with E-state index in [0.717, 1.165) is 37.3 Å². The third-order valence-corrected chi connectivity index (χ3v) is 4.15. The Kier molecular flexibility index (Phi) is 8.68. The zero-order valence-electron chi connectivity index (χ0n) is 15.2. The highest BCUT2D eigenvalue weighted by Crippen LogP contribution is 2.34. The van der Waals surface area contributed by atoms with Gasteiger partial charge in [0.25, 0.3) is 0 Å². The molecular formula is C20H25ClFNO3. The van der Waals surface area contributed by atoms with Crippen molar-refractivity contribution in [1.29, 1.82) is 0 Å². The lowest BCUT2D eigenvalue weighted by Gasteiger charge is -2.14. The minimum Gasteiger partial charge on any atom is -0.493 e. The lowest BCUT2D eigenvalue weighted by Crippen LogP contribution is -2.16. The van der Waals surface area contributed by atoms with E-state index < -0.39 is 0 Å². The first kappa shape index (κ1) is 20.5. The molecule has 0 aliphatic rings. The SMILES string of the molecule is CCOCCCNCc1cc(OC)c(OCc2ccc(F)cc2)cc1Cl. The molecule has 2 aromatic rings. The van der Waals surface area contributed by atoms with Crippen molar-refractivity contribution in [1.82, 2.24) is 5.32 Å². The van der Waals surface area contributed by atoms with E-state index in [1.54, 1.807) is 25.3 Å². The van der Waals surface area contributed by atoms with Gasteiger partial charge in [0.15, 0.2) is 11.5 Å². The first-order valence-corrected chi connectivity index (χ1v) is 9.04. The molecule has 0 saturated heterocycles. The predicted octanol–water partition coefficient (Wildman–Crippen LogP) is 4.58. The molecular weight excluding hydrogens is 357 g/mol. The Balaban J connectivity index is 1.93. The van der Waals surface area contributed by atoms with E-state index in [2.05, 4.69) is 5.32 Å². The maximum atomic E-state index is 13.0. The molecule has 0 aromatic heterocycles. The Labute approximate surface area is 159 Å². The Morgan fingerprint density at radius 2 is 1.88 bits per heavy atom. The molecule has 6 heteroatoms. The van der Waals surface area contributed by atoms with Gasteiger partial charge in [-0.15, -0.1) is 0 Å². The molecule has 0 unspecified atom stereocenters. The third kappa shape index (κ3) is 6.48. The summed E-state index contributed by atoms with van der Waals surface area (Å²) in [6, 6.07) is 9.80. The Morgan fingerprint density at radius 3 is 2.58 bits per heavy atom. The van der Waals surface area contributed by atoms with E-state index in [1.807, 2.05) is 13.0 Å². The van der Waals surface area contributed by atoms with E-state index in [0.29, 0.717) is 29.7 Å². The van der Waals surface area contributed by atoms with Crippen LogP contribution in [0.2, 0.25) is 5.02 Å². The summed E-state index contributed by atoms with van der Waals surface area (Å²) in [4.78, 5) is 0. The van der Waals surface area contributed by atoms with Gasteiger partial charge in [0.1, 0.15) is 12.4 Å². The molecule has 0 atom stereocenters. The van der Waals surface area contributed by atoms with E-state index in [1.165, 1.54) is 12.1 Å². The van der Waals surface area contributed by atoms with E-state index >= 15 is 0 Å². The highest BCUT2D eigenvalue weighted by Gasteiger charge is 2.11. The molecule has 2 aromatic carbocycles. The van der Waals surface area contributed by atoms with Gasteiger partial charge in [0, 0.05) is 30.8 Å². The van der Waals surface area contributed by atoms with Crippen LogP contribution in [0.25, 0.3) is 0 Å². The van der Waals surface area contributed by atoms with Crippen LogP contribution in [0.3, 0.4) is 0 Å². The summed E-state index contributed by atoms with van der Waals surface area (Å²) in [6.07, 6.45) is 0.946. The fourth-order valence-electron chi connectivity index (χ4n) is 2.39. The van der Waals surface area contributed by atoms with Crippen molar-refractivity contribution in [2.75, 3.05) is 26.9 Å². The van der Waals surface area contributed by atoms with Crippen LogP contribution in [0, 0.1) is 5.82 Å². The Hall–Kier alpha value is -1.82. The van der Waals surface area contributed by atoms with E-state index in [4.69, 9.17) is 25.8 Å².